The van der Waals surface area contributed by atoms with Crippen LogP contribution in [-0.4, -0.2) is 81.6 Å². The smallest absolute Gasteiger partial charge is 0.599 e. The molecule has 4 aliphatic rings. The van der Waals surface area contributed by atoms with E-state index >= 15 is 34.5 Å². The van der Waals surface area contributed by atoms with Crippen molar-refractivity contribution in [3.8, 4) is 23.0 Å². The van der Waals surface area contributed by atoms with Gasteiger partial charge in [-0.1, -0.05) is 146 Å². The van der Waals surface area contributed by atoms with E-state index in [0.717, 1.165) is 21.5 Å². The van der Waals surface area contributed by atoms with Crippen molar-refractivity contribution < 1.29 is 71.1 Å². The maximum atomic E-state index is 15.5. The van der Waals surface area contributed by atoms with Crippen LogP contribution in [0.4, 0.5) is 57.3 Å². The summed E-state index contributed by atoms with van der Waals surface area (Å²) < 4.78 is 147. The average Bonchev–Trinajstić information content (AvgIpc) is 2.72. The van der Waals surface area contributed by atoms with E-state index in [0.29, 0.717) is 61.7 Å². The molecule has 412 valence electrons. The number of benzene rings is 10. The van der Waals surface area contributed by atoms with Crippen molar-refractivity contribution in [3.63, 3.8) is 0 Å². The maximum Gasteiger partial charge on any atom is 0.834 e. The second-order valence-corrected chi connectivity index (χ2v) is 20.5. The fourth-order valence-corrected chi connectivity index (χ4v) is 10.5. The summed E-state index contributed by atoms with van der Waals surface area (Å²) in [4.78, 5) is 0. The number of nitrogens with zero attached hydrogens (tertiary/aromatic N) is 4. The quantitative estimate of drug-likeness (QED) is 0.100. The maximum absolute atomic E-state index is 15.5. The van der Waals surface area contributed by atoms with Crippen molar-refractivity contribution >= 4 is 165 Å². The molecule has 0 radical (unpaired) electrons. The first-order valence-electron chi connectivity index (χ1n) is 25.3. The summed E-state index contributed by atoms with van der Waals surface area (Å²) in [6.07, 6.45) is 5.11. The average molecular weight is 1190 g/mol. The monoisotopic (exact) mass is 1190 g/mol. The zero-order chi connectivity index (χ0) is 57.6. The van der Waals surface area contributed by atoms with Crippen LogP contribution in [0.2, 0.25) is 0 Å². The molecule has 0 fully saturated rings. The molecule has 0 saturated heterocycles. The van der Waals surface area contributed by atoms with E-state index in [1.165, 1.54) is 97.7 Å². The standard InChI is InChI=1S/2C28H18B2F4N2O2.2CH2Cl2/c2*31-29(32)35(17-23-21-9-3-1-7-19(21)13-15-27(23)37-29)25-11-5-6-12-26(25)36-18-24-22-10-4-2-8-20(22)14-16-28(24)38-30(36,33)34;2*2-1-3/h2*1-18H;2*1H2. The lowest BCUT2D eigenvalue weighted by Gasteiger charge is -2.31. The molecular weight excluding hydrogens is 1150 g/mol. The van der Waals surface area contributed by atoms with Crippen LogP contribution in [0.5, 0.6) is 23.0 Å². The van der Waals surface area contributed by atoms with Gasteiger partial charge in [-0.25, -0.2) is 0 Å². The minimum Gasteiger partial charge on any atom is -0.599 e. The van der Waals surface area contributed by atoms with Gasteiger partial charge in [0.25, 0.3) is 0 Å². The molecule has 4 heterocycles. The van der Waals surface area contributed by atoms with Crippen LogP contribution in [-0.2, 0) is 0 Å². The van der Waals surface area contributed by atoms with Crippen molar-refractivity contribution in [1.29, 1.82) is 0 Å². The molecule has 0 unspecified atom stereocenters. The van der Waals surface area contributed by atoms with Crippen LogP contribution in [0.1, 0.15) is 22.3 Å². The van der Waals surface area contributed by atoms with Gasteiger partial charge in [0.15, 0.2) is 0 Å². The second-order valence-electron chi connectivity index (χ2n) is 18.8. The molecule has 0 spiro atoms. The molecule has 8 nitrogen and oxygen atoms in total. The SMILES string of the molecule is ClCCl.ClCCl.F[B-]1(F)Oc2ccc3ccccc3c2C=[N+]1c1ccccc1[N+]1=Cc2c(ccc3ccccc23)O[B-]1(F)F.F[B-]1(F)Oc2ccc3ccccc3c2C=[N+]1c1ccccc1[N+]1=Cc2c(ccc3ccccc23)O[B-]1(F)F. The highest BCUT2D eigenvalue weighted by Crippen LogP contribution is 2.44. The number of para-hydroxylation sites is 4. The first-order chi connectivity index (χ1) is 39.5. The summed E-state index contributed by atoms with van der Waals surface area (Å²) in [5, 5.41) is 6.59. The van der Waals surface area contributed by atoms with Gasteiger partial charge >= 0.3 is 28.2 Å². The first kappa shape index (κ1) is 55.9. The Morgan fingerprint density at radius 1 is 0.268 bits per heavy atom. The minimum atomic E-state index is -4.63. The number of alkyl halides is 4. The predicted octanol–water partition coefficient (Wildman–Crippen LogP) is 16.9. The van der Waals surface area contributed by atoms with Gasteiger partial charge in [-0.3, -0.25) is 0 Å². The van der Waals surface area contributed by atoms with Crippen molar-refractivity contribution in [2.45, 2.75) is 0 Å². The summed E-state index contributed by atoms with van der Waals surface area (Å²) in [6.45, 7) is 0. The van der Waals surface area contributed by atoms with Crippen molar-refractivity contribution in [2.24, 2.45) is 0 Å². The molecule has 0 N–H and O–H groups in total. The first-order valence-corrected chi connectivity index (χ1v) is 27.4. The highest BCUT2D eigenvalue weighted by molar-refractivity contribution is 6.55. The number of fused-ring (bicyclic) bond motifs is 12. The Bertz CT molecular complexity index is 3770. The summed E-state index contributed by atoms with van der Waals surface area (Å²) in [5.41, 5.74) is 1.22. The Hall–Kier alpha value is -8.02. The van der Waals surface area contributed by atoms with E-state index in [-0.39, 0.29) is 56.4 Å². The summed E-state index contributed by atoms with van der Waals surface area (Å²) in [7, 11) is -18.5. The third kappa shape index (κ3) is 10.5. The zero-order valence-corrected chi connectivity index (χ0v) is 45.5. The minimum absolute atomic E-state index is 0.0326. The molecular formula is C58H40B4Cl4F8N4O4. The van der Waals surface area contributed by atoms with Crippen LogP contribution < -0.4 is 18.6 Å². The largest absolute Gasteiger partial charge is 0.834 e. The van der Waals surface area contributed by atoms with Gasteiger partial charge < -0.3 is 71.1 Å². The lowest BCUT2D eigenvalue weighted by atomic mass is 9.93. The van der Waals surface area contributed by atoms with E-state index in [1.54, 1.807) is 72.8 Å². The van der Waals surface area contributed by atoms with Gasteiger partial charge in [-0.2, -0.15) is 0 Å². The van der Waals surface area contributed by atoms with Gasteiger partial charge in [0.1, 0.15) is 24.9 Å². The van der Waals surface area contributed by atoms with Crippen LogP contribution in [0, 0.1) is 0 Å². The molecule has 82 heavy (non-hydrogen) atoms. The van der Waals surface area contributed by atoms with Gasteiger partial charge in [0.2, 0.25) is 22.7 Å². The third-order valence-corrected chi connectivity index (χ3v) is 14.0. The summed E-state index contributed by atoms with van der Waals surface area (Å²) >= 11 is 19.1. The normalized spacial score (nSPS) is 16.2. The van der Waals surface area contributed by atoms with Crippen LogP contribution in [0.3, 0.4) is 0 Å². The number of hydrogen-bond acceptors (Lipinski definition) is 4. The predicted molar refractivity (Wildman–Crippen MR) is 317 cm³/mol. The molecule has 0 atom stereocenters. The molecule has 0 saturated carbocycles. The lowest BCUT2D eigenvalue weighted by Crippen LogP contribution is -2.49. The van der Waals surface area contributed by atoms with Crippen molar-refractivity contribution in [1.82, 2.24) is 0 Å². The van der Waals surface area contributed by atoms with Crippen LogP contribution in [0.25, 0.3) is 43.1 Å². The molecule has 0 amide bonds. The summed E-state index contributed by atoms with van der Waals surface area (Å²) in [6, 6.07) is 53.7. The molecule has 10 aromatic rings. The highest BCUT2D eigenvalue weighted by atomic mass is 35.5. The second kappa shape index (κ2) is 22.4. The van der Waals surface area contributed by atoms with Crippen LogP contribution in [0.15, 0.2) is 194 Å². The Labute approximate surface area is 483 Å². The Kier molecular flexibility index (Phi) is 15.2. The number of hydrogen-bond donors (Lipinski definition) is 0. The molecule has 0 bridgehead atoms. The van der Waals surface area contributed by atoms with E-state index in [9.17, 15) is 0 Å². The lowest BCUT2D eigenvalue weighted by molar-refractivity contribution is -0.379. The Morgan fingerprint density at radius 2 is 0.451 bits per heavy atom. The van der Waals surface area contributed by atoms with Crippen molar-refractivity contribution in [2.75, 3.05) is 10.7 Å². The third-order valence-electron chi connectivity index (χ3n) is 14.0. The molecule has 0 aliphatic carbocycles. The van der Waals surface area contributed by atoms with Gasteiger partial charge in [0, 0.05) is 24.3 Å². The fourth-order valence-electron chi connectivity index (χ4n) is 10.5. The molecule has 4 aliphatic heterocycles. The molecule has 10 aromatic carbocycles. The van der Waals surface area contributed by atoms with Crippen LogP contribution >= 0.6 is 46.4 Å². The highest BCUT2D eigenvalue weighted by Gasteiger charge is 2.57. The van der Waals surface area contributed by atoms with Crippen molar-refractivity contribution in [3.05, 3.63) is 216 Å². The van der Waals surface area contributed by atoms with Gasteiger partial charge in [-0.15, -0.1) is 46.4 Å². The number of halogens is 12. The Morgan fingerprint density at radius 3 is 0.659 bits per heavy atom. The van der Waals surface area contributed by atoms with E-state index in [1.807, 2.05) is 48.5 Å². The molecule has 14 rings (SSSR count). The fraction of sp³-hybridized carbons (Fsp3) is 0.0345. The number of rotatable bonds is 4. The Balaban J connectivity index is 0.000000157. The van der Waals surface area contributed by atoms with Gasteiger partial charge in [0.05, 0.1) is 55.9 Å². The van der Waals surface area contributed by atoms with Gasteiger partial charge in [-0.05, 0) is 67.4 Å². The van der Waals surface area contributed by atoms with E-state index in [2.05, 4.69) is 0 Å². The molecule has 0 aromatic heterocycles. The van der Waals surface area contributed by atoms with E-state index in [4.69, 9.17) is 65.0 Å². The topological polar surface area (TPSA) is 49.0 Å². The zero-order valence-electron chi connectivity index (χ0n) is 42.5. The van der Waals surface area contributed by atoms with E-state index < -0.39 is 28.2 Å². The molecule has 24 heteroatoms. The summed E-state index contributed by atoms with van der Waals surface area (Å²) in [5.74, 6) is 0.131.